The summed E-state index contributed by atoms with van der Waals surface area (Å²) in [5.41, 5.74) is 2.15. The Morgan fingerprint density at radius 1 is 1.19 bits per heavy atom. The molecular formula is C15H16N4O2. The number of rotatable bonds is 6. The second-order valence-corrected chi connectivity index (χ2v) is 4.67. The molecule has 21 heavy (non-hydrogen) atoms. The SMILES string of the molecule is OCc1ccc(CNc2cccc(Cn3cncn3)c2)o1. The molecule has 0 radical (unpaired) electrons. The van der Waals surface area contributed by atoms with E-state index in [9.17, 15) is 0 Å². The molecular weight excluding hydrogens is 268 g/mol. The Labute approximate surface area is 122 Å². The second-order valence-electron chi connectivity index (χ2n) is 4.67. The second kappa shape index (κ2) is 6.23. The molecule has 0 fully saturated rings. The van der Waals surface area contributed by atoms with Gasteiger partial charge in [0.25, 0.3) is 0 Å². The molecule has 0 aliphatic carbocycles. The van der Waals surface area contributed by atoms with E-state index in [4.69, 9.17) is 9.52 Å². The van der Waals surface area contributed by atoms with E-state index < -0.39 is 0 Å². The van der Waals surface area contributed by atoms with Crippen LogP contribution in [0.25, 0.3) is 0 Å². The summed E-state index contributed by atoms with van der Waals surface area (Å²) in [6.45, 7) is 1.19. The van der Waals surface area contributed by atoms with E-state index in [1.165, 1.54) is 6.33 Å². The van der Waals surface area contributed by atoms with Crippen molar-refractivity contribution in [3.05, 3.63) is 66.1 Å². The van der Waals surface area contributed by atoms with Crippen molar-refractivity contribution in [3.8, 4) is 0 Å². The van der Waals surface area contributed by atoms with Crippen molar-refractivity contribution in [2.75, 3.05) is 5.32 Å². The van der Waals surface area contributed by atoms with Crippen LogP contribution in [-0.2, 0) is 19.7 Å². The van der Waals surface area contributed by atoms with Gasteiger partial charge in [-0.25, -0.2) is 9.67 Å². The lowest BCUT2D eigenvalue weighted by molar-refractivity contribution is 0.244. The molecule has 1 aromatic carbocycles. The Morgan fingerprint density at radius 3 is 2.86 bits per heavy atom. The summed E-state index contributed by atoms with van der Waals surface area (Å²) in [6, 6.07) is 11.7. The highest BCUT2D eigenvalue weighted by Gasteiger charge is 2.02. The fraction of sp³-hybridized carbons (Fsp3) is 0.200. The maximum Gasteiger partial charge on any atom is 0.137 e. The molecule has 0 unspecified atom stereocenters. The van der Waals surface area contributed by atoms with Gasteiger partial charge in [0, 0.05) is 5.69 Å². The highest BCUT2D eigenvalue weighted by Crippen LogP contribution is 2.14. The van der Waals surface area contributed by atoms with Gasteiger partial charge in [-0.15, -0.1) is 0 Å². The zero-order valence-electron chi connectivity index (χ0n) is 11.4. The zero-order chi connectivity index (χ0) is 14.5. The average Bonchev–Trinajstić information content (AvgIpc) is 3.17. The van der Waals surface area contributed by atoms with Crippen LogP contribution in [0.5, 0.6) is 0 Å². The smallest absolute Gasteiger partial charge is 0.137 e. The molecule has 0 bridgehead atoms. The summed E-state index contributed by atoms with van der Waals surface area (Å²) < 4.78 is 7.21. The summed E-state index contributed by atoms with van der Waals surface area (Å²) in [4.78, 5) is 3.93. The van der Waals surface area contributed by atoms with Crippen LogP contribution in [0.15, 0.2) is 53.5 Å². The van der Waals surface area contributed by atoms with Gasteiger partial charge in [0.15, 0.2) is 0 Å². The van der Waals surface area contributed by atoms with Crippen molar-refractivity contribution in [1.82, 2.24) is 14.8 Å². The molecule has 0 saturated heterocycles. The summed E-state index contributed by atoms with van der Waals surface area (Å²) in [6.07, 6.45) is 3.22. The Morgan fingerprint density at radius 2 is 2.10 bits per heavy atom. The maximum atomic E-state index is 8.97. The molecule has 108 valence electrons. The van der Waals surface area contributed by atoms with E-state index in [1.54, 1.807) is 17.1 Å². The molecule has 2 aromatic heterocycles. The third kappa shape index (κ3) is 3.49. The molecule has 0 saturated carbocycles. The van der Waals surface area contributed by atoms with Crippen LogP contribution in [0, 0.1) is 0 Å². The van der Waals surface area contributed by atoms with Crippen molar-refractivity contribution in [3.63, 3.8) is 0 Å². The van der Waals surface area contributed by atoms with Crippen LogP contribution in [0.1, 0.15) is 17.1 Å². The molecule has 0 spiro atoms. The number of nitrogens with zero attached hydrogens (tertiary/aromatic N) is 3. The third-order valence-corrected chi connectivity index (χ3v) is 3.08. The predicted octanol–water partition coefficient (Wildman–Crippen LogP) is 2.02. The third-order valence-electron chi connectivity index (χ3n) is 3.08. The zero-order valence-corrected chi connectivity index (χ0v) is 11.4. The summed E-state index contributed by atoms with van der Waals surface area (Å²) >= 11 is 0. The summed E-state index contributed by atoms with van der Waals surface area (Å²) in [5.74, 6) is 1.37. The molecule has 2 N–H and O–H groups in total. The minimum absolute atomic E-state index is 0.0760. The fourth-order valence-corrected chi connectivity index (χ4v) is 2.07. The van der Waals surface area contributed by atoms with E-state index >= 15 is 0 Å². The number of anilines is 1. The Bertz CT molecular complexity index is 691. The average molecular weight is 284 g/mol. The highest BCUT2D eigenvalue weighted by atomic mass is 16.4. The van der Waals surface area contributed by atoms with Gasteiger partial charge in [-0.3, -0.25) is 0 Å². The van der Waals surface area contributed by atoms with Gasteiger partial charge in [-0.1, -0.05) is 12.1 Å². The van der Waals surface area contributed by atoms with Gasteiger partial charge in [0.05, 0.1) is 13.1 Å². The first-order valence-electron chi connectivity index (χ1n) is 6.67. The van der Waals surface area contributed by atoms with Crippen molar-refractivity contribution >= 4 is 5.69 Å². The number of hydrogen-bond donors (Lipinski definition) is 2. The van der Waals surface area contributed by atoms with E-state index in [2.05, 4.69) is 21.5 Å². The quantitative estimate of drug-likeness (QED) is 0.724. The molecule has 0 aliphatic heterocycles. The van der Waals surface area contributed by atoms with Crippen LogP contribution < -0.4 is 5.32 Å². The van der Waals surface area contributed by atoms with E-state index in [1.807, 2.05) is 24.3 Å². The van der Waals surface area contributed by atoms with Gasteiger partial charge in [-0.2, -0.15) is 5.10 Å². The number of furan rings is 1. The number of aliphatic hydroxyl groups excluding tert-OH is 1. The lowest BCUT2D eigenvalue weighted by Crippen LogP contribution is -2.02. The summed E-state index contributed by atoms with van der Waals surface area (Å²) in [5, 5.41) is 16.4. The van der Waals surface area contributed by atoms with Crippen molar-refractivity contribution < 1.29 is 9.52 Å². The topological polar surface area (TPSA) is 76.1 Å². The molecule has 3 aromatic rings. The normalized spacial score (nSPS) is 10.7. The number of hydrogen-bond acceptors (Lipinski definition) is 5. The van der Waals surface area contributed by atoms with Gasteiger partial charge in [0.1, 0.15) is 30.8 Å². The lowest BCUT2D eigenvalue weighted by atomic mass is 10.2. The minimum atomic E-state index is -0.0760. The Balaban J connectivity index is 1.63. The monoisotopic (exact) mass is 284 g/mol. The highest BCUT2D eigenvalue weighted by molar-refractivity contribution is 5.45. The van der Waals surface area contributed by atoms with Crippen LogP contribution in [0.3, 0.4) is 0 Å². The van der Waals surface area contributed by atoms with Gasteiger partial charge >= 0.3 is 0 Å². The lowest BCUT2D eigenvalue weighted by Gasteiger charge is -2.07. The van der Waals surface area contributed by atoms with Crippen LogP contribution in [0.4, 0.5) is 5.69 Å². The molecule has 0 amide bonds. The van der Waals surface area contributed by atoms with Gasteiger partial charge in [0.2, 0.25) is 0 Å². The fourth-order valence-electron chi connectivity index (χ4n) is 2.07. The number of aliphatic hydroxyl groups is 1. The minimum Gasteiger partial charge on any atom is -0.462 e. The van der Waals surface area contributed by atoms with Crippen LogP contribution >= 0.6 is 0 Å². The number of nitrogens with one attached hydrogen (secondary N) is 1. The predicted molar refractivity (Wildman–Crippen MR) is 77.5 cm³/mol. The van der Waals surface area contributed by atoms with Gasteiger partial charge in [-0.05, 0) is 29.8 Å². The van der Waals surface area contributed by atoms with Crippen LogP contribution in [-0.4, -0.2) is 19.9 Å². The van der Waals surface area contributed by atoms with E-state index in [0.29, 0.717) is 18.8 Å². The molecule has 0 aliphatic rings. The number of aromatic nitrogens is 3. The van der Waals surface area contributed by atoms with E-state index in [-0.39, 0.29) is 6.61 Å². The Hall–Kier alpha value is -2.60. The standard InChI is InChI=1S/C15H16N4O2/c20-9-15-5-4-14(21-15)7-17-13-3-1-2-12(6-13)8-19-11-16-10-18-19/h1-6,10-11,17,20H,7-9H2. The Kier molecular flexibility index (Phi) is 3.97. The largest absolute Gasteiger partial charge is 0.462 e. The maximum absolute atomic E-state index is 8.97. The van der Waals surface area contributed by atoms with Gasteiger partial charge < -0.3 is 14.8 Å². The first kappa shape index (κ1) is 13.4. The molecule has 0 atom stereocenters. The number of benzene rings is 1. The summed E-state index contributed by atoms with van der Waals surface area (Å²) in [7, 11) is 0. The first-order valence-corrected chi connectivity index (χ1v) is 6.67. The van der Waals surface area contributed by atoms with Crippen molar-refractivity contribution in [1.29, 1.82) is 0 Å². The van der Waals surface area contributed by atoms with E-state index in [0.717, 1.165) is 17.0 Å². The molecule has 6 heteroatoms. The van der Waals surface area contributed by atoms with Crippen molar-refractivity contribution in [2.24, 2.45) is 0 Å². The van der Waals surface area contributed by atoms with Crippen molar-refractivity contribution in [2.45, 2.75) is 19.7 Å². The molecule has 3 rings (SSSR count). The molecule has 2 heterocycles. The molecule has 6 nitrogen and oxygen atoms in total. The van der Waals surface area contributed by atoms with Crippen LogP contribution in [0.2, 0.25) is 0 Å². The first-order chi connectivity index (χ1) is 10.3.